The fraction of sp³-hybridized carbons (Fsp3) is 0.125. The number of carbonyl (C=O) groups is 2. The summed E-state index contributed by atoms with van der Waals surface area (Å²) in [5, 5.41) is 5.59. The van der Waals surface area contributed by atoms with Crippen LogP contribution in [0.15, 0.2) is 42.5 Å². The van der Waals surface area contributed by atoms with Crippen LogP contribution in [-0.4, -0.2) is 11.8 Å². The van der Waals surface area contributed by atoms with Gasteiger partial charge in [0, 0.05) is 16.4 Å². The Labute approximate surface area is 128 Å². The number of halogens is 1. The minimum Gasteiger partial charge on any atom is -0.318 e. The summed E-state index contributed by atoms with van der Waals surface area (Å²) < 4.78 is 0. The van der Waals surface area contributed by atoms with Crippen molar-refractivity contribution >= 4 is 34.8 Å². The van der Waals surface area contributed by atoms with Crippen LogP contribution in [0.1, 0.15) is 11.1 Å². The van der Waals surface area contributed by atoms with E-state index in [1.54, 1.807) is 30.3 Å². The van der Waals surface area contributed by atoms with Crippen LogP contribution in [0.25, 0.3) is 0 Å². The highest BCUT2D eigenvalue weighted by molar-refractivity contribution is 6.43. The Hall–Kier alpha value is -2.33. The maximum absolute atomic E-state index is 11.9. The Morgan fingerprint density at radius 1 is 0.952 bits per heavy atom. The molecule has 0 fully saturated rings. The molecule has 0 bridgehead atoms. The predicted octanol–water partition coefficient (Wildman–Crippen LogP) is 3.53. The van der Waals surface area contributed by atoms with Crippen molar-refractivity contribution in [1.82, 2.24) is 0 Å². The number of rotatable bonds is 2. The van der Waals surface area contributed by atoms with Crippen molar-refractivity contribution in [2.24, 2.45) is 0 Å². The summed E-state index contributed by atoms with van der Waals surface area (Å²) in [5.41, 5.74) is 3.08. The summed E-state index contributed by atoms with van der Waals surface area (Å²) in [6, 6.07) is 12.1. The van der Waals surface area contributed by atoms with Crippen molar-refractivity contribution in [2.75, 3.05) is 10.6 Å². The zero-order chi connectivity index (χ0) is 15.4. The number of amides is 2. The molecule has 0 atom stereocenters. The smallest absolute Gasteiger partial charge is 0.314 e. The highest BCUT2D eigenvalue weighted by atomic mass is 35.5. The van der Waals surface area contributed by atoms with E-state index in [1.165, 1.54) is 0 Å². The van der Waals surface area contributed by atoms with Crippen molar-refractivity contribution in [2.45, 2.75) is 13.8 Å². The normalized spacial score (nSPS) is 10.0. The van der Waals surface area contributed by atoms with Crippen LogP contribution in [0.4, 0.5) is 11.4 Å². The van der Waals surface area contributed by atoms with Crippen LogP contribution in [0, 0.1) is 13.8 Å². The molecule has 0 heterocycles. The van der Waals surface area contributed by atoms with Crippen LogP contribution in [0.3, 0.4) is 0 Å². The fourth-order valence-corrected chi connectivity index (χ4v) is 2.01. The zero-order valence-electron chi connectivity index (χ0n) is 11.7. The van der Waals surface area contributed by atoms with Crippen molar-refractivity contribution in [1.29, 1.82) is 0 Å². The van der Waals surface area contributed by atoms with Gasteiger partial charge >= 0.3 is 11.8 Å². The average molecular weight is 303 g/mol. The van der Waals surface area contributed by atoms with E-state index < -0.39 is 11.8 Å². The van der Waals surface area contributed by atoms with E-state index in [0.29, 0.717) is 16.4 Å². The number of carbonyl (C=O) groups excluding carboxylic acids is 2. The highest BCUT2D eigenvalue weighted by Crippen LogP contribution is 2.18. The standard InChI is InChI=1S/C16H15ClN2O2/c1-10-5-3-8-14(11(10)2)19-16(21)15(20)18-13-7-4-6-12(17)9-13/h3-9H,1-2H3,(H,18,20)(H,19,21). The lowest BCUT2D eigenvalue weighted by Crippen LogP contribution is -2.29. The Bertz CT molecular complexity index is 698. The van der Waals surface area contributed by atoms with Gasteiger partial charge in [0.2, 0.25) is 0 Å². The molecule has 2 N–H and O–H groups in total. The van der Waals surface area contributed by atoms with E-state index in [9.17, 15) is 9.59 Å². The summed E-state index contributed by atoms with van der Waals surface area (Å²) in [6.07, 6.45) is 0. The molecule has 2 aromatic carbocycles. The zero-order valence-corrected chi connectivity index (χ0v) is 12.5. The Morgan fingerprint density at radius 3 is 2.33 bits per heavy atom. The molecule has 0 aliphatic carbocycles. The van der Waals surface area contributed by atoms with Crippen molar-refractivity contribution in [3.63, 3.8) is 0 Å². The minimum absolute atomic E-state index is 0.476. The van der Waals surface area contributed by atoms with E-state index in [-0.39, 0.29) is 0 Å². The summed E-state index contributed by atoms with van der Waals surface area (Å²) in [5.74, 6) is -1.46. The molecule has 0 saturated heterocycles. The SMILES string of the molecule is Cc1cccc(NC(=O)C(=O)Nc2cccc(Cl)c2)c1C. The molecular weight excluding hydrogens is 288 g/mol. The number of hydrogen-bond acceptors (Lipinski definition) is 2. The molecule has 0 aliphatic rings. The average Bonchev–Trinajstić information content (AvgIpc) is 2.44. The molecule has 2 amide bonds. The van der Waals surface area contributed by atoms with Gasteiger partial charge in [-0.1, -0.05) is 29.8 Å². The molecule has 21 heavy (non-hydrogen) atoms. The van der Waals surface area contributed by atoms with Crippen LogP contribution >= 0.6 is 11.6 Å². The lowest BCUT2D eigenvalue weighted by atomic mass is 10.1. The molecule has 2 aromatic rings. The summed E-state index contributed by atoms with van der Waals surface area (Å²) in [6.45, 7) is 3.83. The molecule has 4 nitrogen and oxygen atoms in total. The van der Waals surface area contributed by atoms with Gasteiger partial charge in [-0.05, 0) is 49.2 Å². The summed E-state index contributed by atoms with van der Waals surface area (Å²) >= 11 is 5.82. The van der Waals surface area contributed by atoms with Gasteiger partial charge in [-0.25, -0.2) is 0 Å². The molecule has 0 aliphatic heterocycles. The highest BCUT2D eigenvalue weighted by Gasteiger charge is 2.15. The molecule has 0 saturated carbocycles. The lowest BCUT2D eigenvalue weighted by Gasteiger charge is -2.10. The maximum Gasteiger partial charge on any atom is 0.314 e. The molecule has 0 radical (unpaired) electrons. The molecular formula is C16H15ClN2O2. The van der Waals surface area contributed by atoms with Crippen molar-refractivity contribution in [3.8, 4) is 0 Å². The minimum atomic E-state index is -0.738. The van der Waals surface area contributed by atoms with Gasteiger partial charge in [-0.2, -0.15) is 0 Å². The van der Waals surface area contributed by atoms with Gasteiger partial charge in [0.1, 0.15) is 0 Å². The quantitative estimate of drug-likeness (QED) is 0.834. The first kappa shape index (κ1) is 15.1. The van der Waals surface area contributed by atoms with Gasteiger partial charge in [-0.15, -0.1) is 0 Å². The molecule has 0 aromatic heterocycles. The third-order valence-electron chi connectivity index (χ3n) is 3.14. The van der Waals surface area contributed by atoms with E-state index in [4.69, 9.17) is 11.6 Å². The summed E-state index contributed by atoms with van der Waals surface area (Å²) in [4.78, 5) is 23.8. The van der Waals surface area contributed by atoms with E-state index in [2.05, 4.69) is 10.6 Å². The third kappa shape index (κ3) is 3.83. The van der Waals surface area contributed by atoms with Gasteiger partial charge in [0.15, 0.2) is 0 Å². The fourth-order valence-electron chi connectivity index (χ4n) is 1.82. The monoisotopic (exact) mass is 302 g/mol. The first-order chi connectivity index (χ1) is 9.97. The first-order valence-electron chi connectivity index (χ1n) is 6.41. The van der Waals surface area contributed by atoms with E-state index in [0.717, 1.165) is 11.1 Å². The van der Waals surface area contributed by atoms with E-state index >= 15 is 0 Å². The summed E-state index contributed by atoms with van der Waals surface area (Å²) in [7, 11) is 0. The van der Waals surface area contributed by atoms with Crippen LogP contribution in [-0.2, 0) is 9.59 Å². The van der Waals surface area contributed by atoms with Gasteiger partial charge < -0.3 is 10.6 Å². The van der Waals surface area contributed by atoms with Crippen molar-refractivity contribution in [3.05, 3.63) is 58.6 Å². The number of hydrogen-bond donors (Lipinski definition) is 2. The van der Waals surface area contributed by atoms with Crippen LogP contribution in [0.5, 0.6) is 0 Å². The largest absolute Gasteiger partial charge is 0.318 e. The molecule has 2 rings (SSSR count). The van der Waals surface area contributed by atoms with Crippen LogP contribution in [0.2, 0.25) is 5.02 Å². The Kier molecular flexibility index (Phi) is 4.60. The Balaban J connectivity index is 2.06. The second kappa shape index (κ2) is 6.41. The maximum atomic E-state index is 11.9. The van der Waals surface area contributed by atoms with Gasteiger partial charge in [0.25, 0.3) is 0 Å². The number of nitrogens with one attached hydrogen (secondary N) is 2. The van der Waals surface area contributed by atoms with Gasteiger partial charge in [-0.3, -0.25) is 9.59 Å². The molecule has 108 valence electrons. The second-order valence-electron chi connectivity index (χ2n) is 4.67. The topological polar surface area (TPSA) is 58.2 Å². The van der Waals surface area contributed by atoms with Crippen LogP contribution < -0.4 is 10.6 Å². The molecule has 0 unspecified atom stereocenters. The number of benzene rings is 2. The first-order valence-corrected chi connectivity index (χ1v) is 6.79. The Morgan fingerprint density at radius 2 is 1.62 bits per heavy atom. The predicted molar refractivity (Wildman–Crippen MR) is 84.6 cm³/mol. The number of aryl methyl sites for hydroxylation is 1. The second-order valence-corrected chi connectivity index (χ2v) is 5.10. The molecule has 5 heteroatoms. The molecule has 0 spiro atoms. The van der Waals surface area contributed by atoms with E-state index in [1.807, 2.05) is 26.0 Å². The van der Waals surface area contributed by atoms with Gasteiger partial charge in [0.05, 0.1) is 0 Å². The number of anilines is 2. The van der Waals surface area contributed by atoms with Crippen molar-refractivity contribution < 1.29 is 9.59 Å². The third-order valence-corrected chi connectivity index (χ3v) is 3.38. The lowest BCUT2D eigenvalue weighted by molar-refractivity contribution is -0.133.